The third kappa shape index (κ3) is 3.87. The van der Waals surface area contributed by atoms with Crippen LogP contribution >= 0.6 is 27.7 Å². The van der Waals surface area contributed by atoms with Gasteiger partial charge in [0, 0.05) is 14.9 Å². The second-order valence-corrected chi connectivity index (χ2v) is 6.64. The van der Waals surface area contributed by atoms with Gasteiger partial charge >= 0.3 is 0 Å². The number of methoxy groups -OCH3 is 1. The van der Waals surface area contributed by atoms with Crippen molar-refractivity contribution >= 4 is 33.5 Å². The summed E-state index contributed by atoms with van der Waals surface area (Å²) in [6.07, 6.45) is 0. The standard InChI is InChI=1S/C16H15BrO2S/c1-11(16(18)12-3-5-13(17)6-4-12)20-15-9-7-14(19-2)8-10-15/h3-11H,1-2H3. The topological polar surface area (TPSA) is 26.3 Å². The Hall–Kier alpha value is -1.26. The highest BCUT2D eigenvalue weighted by molar-refractivity contribution is 9.10. The first-order valence-electron chi connectivity index (χ1n) is 6.20. The van der Waals surface area contributed by atoms with Crippen LogP contribution in [0.15, 0.2) is 57.9 Å². The van der Waals surface area contributed by atoms with Crippen LogP contribution in [0.1, 0.15) is 17.3 Å². The summed E-state index contributed by atoms with van der Waals surface area (Å²) in [4.78, 5) is 13.4. The Labute approximate surface area is 131 Å². The van der Waals surface area contributed by atoms with Crippen LogP contribution in [0.4, 0.5) is 0 Å². The Bertz CT molecular complexity index is 578. The van der Waals surface area contributed by atoms with E-state index < -0.39 is 0 Å². The van der Waals surface area contributed by atoms with Gasteiger partial charge in [0.15, 0.2) is 5.78 Å². The second-order valence-electron chi connectivity index (χ2n) is 4.31. The van der Waals surface area contributed by atoms with E-state index in [2.05, 4.69) is 15.9 Å². The minimum absolute atomic E-state index is 0.121. The van der Waals surface area contributed by atoms with E-state index in [1.165, 1.54) is 0 Å². The number of carbonyl (C=O) groups excluding carboxylic acids is 1. The maximum atomic E-state index is 12.3. The molecule has 2 aromatic carbocycles. The first kappa shape index (κ1) is 15.1. The van der Waals surface area contributed by atoms with Crippen LogP contribution in [0, 0.1) is 0 Å². The third-order valence-electron chi connectivity index (χ3n) is 2.87. The molecule has 1 atom stereocenters. The Morgan fingerprint density at radius 2 is 1.70 bits per heavy atom. The smallest absolute Gasteiger partial charge is 0.175 e. The van der Waals surface area contributed by atoms with Gasteiger partial charge < -0.3 is 4.74 Å². The van der Waals surface area contributed by atoms with E-state index in [1.807, 2.05) is 55.5 Å². The molecule has 0 saturated heterocycles. The summed E-state index contributed by atoms with van der Waals surface area (Å²) in [6.45, 7) is 1.93. The minimum Gasteiger partial charge on any atom is -0.497 e. The summed E-state index contributed by atoms with van der Waals surface area (Å²) in [6, 6.07) is 15.2. The highest BCUT2D eigenvalue weighted by atomic mass is 79.9. The largest absolute Gasteiger partial charge is 0.497 e. The third-order valence-corrected chi connectivity index (χ3v) is 4.51. The van der Waals surface area contributed by atoms with E-state index >= 15 is 0 Å². The van der Waals surface area contributed by atoms with E-state index in [0.29, 0.717) is 0 Å². The Morgan fingerprint density at radius 1 is 1.10 bits per heavy atom. The lowest BCUT2D eigenvalue weighted by molar-refractivity contribution is 0.0994. The monoisotopic (exact) mass is 350 g/mol. The van der Waals surface area contributed by atoms with Crippen molar-refractivity contribution in [2.75, 3.05) is 7.11 Å². The summed E-state index contributed by atoms with van der Waals surface area (Å²) in [5, 5.41) is -0.121. The van der Waals surface area contributed by atoms with Crippen LogP contribution in [0.25, 0.3) is 0 Å². The van der Waals surface area contributed by atoms with Crippen molar-refractivity contribution in [3.05, 3.63) is 58.6 Å². The molecule has 0 spiro atoms. The summed E-state index contributed by atoms with van der Waals surface area (Å²) < 4.78 is 6.10. The molecule has 0 radical (unpaired) electrons. The van der Waals surface area contributed by atoms with Crippen LogP contribution in [0.5, 0.6) is 5.75 Å². The van der Waals surface area contributed by atoms with Crippen LogP contribution in [-0.2, 0) is 0 Å². The molecule has 0 aliphatic heterocycles. The van der Waals surface area contributed by atoms with Crippen LogP contribution in [-0.4, -0.2) is 18.1 Å². The number of hydrogen-bond acceptors (Lipinski definition) is 3. The number of thioether (sulfide) groups is 1. The predicted octanol–water partition coefficient (Wildman–Crippen LogP) is 4.82. The van der Waals surface area contributed by atoms with Gasteiger partial charge in [-0.1, -0.05) is 28.1 Å². The molecule has 0 aliphatic carbocycles. The second kappa shape index (κ2) is 6.95. The fourth-order valence-electron chi connectivity index (χ4n) is 1.76. The lowest BCUT2D eigenvalue weighted by Crippen LogP contribution is -2.13. The van der Waals surface area contributed by atoms with E-state index in [0.717, 1.165) is 20.7 Å². The molecule has 2 rings (SSSR count). The maximum Gasteiger partial charge on any atom is 0.175 e. The minimum atomic E-state index is -0.121. The Balaban J connectivity index is 2.04. The molecule has 0 aromatic heterocycles. The summed E-state index contributed by atoms with van der Waals surface area (Å²) in [5.41, 5.74) is 0.738. The molecule has 0 aliphatic rings. The van der Waals surface area contributed by atoms with Gasteiger partial charge in [-0.15, -0.1) is 11.8 Å². The molecule has 4 heteroatoms. The molecule has 0 N–H and O–H groups in total. The van der Waals surface area contributed by atoms with Crippen molar-refractivity contribution in [2.24, 2.45) is 0 Å². The molecule has 20 heavy (non-hydrogen) atoms. The van der Waals surface area contributed by atoms with Gasteiger partial charge in [-0.25, -0.2) is 0 Å². The first-order valence-corrected chi connectivity index (χ1v) is 7.88. The van der Waals surface area contributed by atoms with Gasteiger partial charge in [-0.05, 0) is 43.3 Å². The number of benzene rings is 2. The molecule has 0 amide bonds. The van der Waals surface area contributed by atoms with E-state index in [4.69, 9.17) is 4.74 Å². The lowest BCUT2D eigenvalue weighted by Gasteiger charge is -2.11. The van der Waals surface area contributed by atoms with E-state index in [1.54, 1.807) is 18.9 Å². The summed E-state index contributed by atoms with van der Waals surface area (Å²) in [7, 11) is 1.64. The fraction of sp³-hybridized carbons (Fsp3) is 0.188. The van der Waals surface area contributed by atoms with E-state index in [-0.39, 0.29) is 11.0 Å². The van der Waals surface area contributed by atoms with Gasteiger partial charge in [0.1, 0.15) is 5.75 Å². The van der Waals surface area contributed by atoms with Gasteiger partial charge in [-0.2, -0.15) is 0 Å². The Morgan fingerprint density at radius 3 is 2.25 bits per heavy atom. The molecular formula is C16H15BrO2S. The molecular weight excluding hydrogens is 336 g/mol. The number of ketones is 1. The normalized spacial score (nSPS) is 11.9. The van der Waals surface area contributed by atoms with Crippen LogP contribution < -0.4 is 4.74 Å². The van der Waals surface area contributed by atoms with Crippen molar-refractivity contribution in [2.45, 2.75) is 17.1 Å². The molecule has 0 saturated carbocycles. The van der Waals surface area contributed by atoms with Crippen molar-refractivity contribution in [1.82, 2.24) is 0 Å². The zero-order chi connectivity index (χ0) is 14.5. The van der Waals surface area contributed by atoms with Crippen molar-refractivity contribution in [1.29, 1.82) is 0 Å². The van der Waals surface area contributed by atoms with Crippen molar-refractivity contribution in [3.8, 4) is 5.75 Å². The Kier molecular flexibility index (Phi) is 5.26. The number of rotatable bonds is 5. The molecule has 0 heterocycles. The number of hydrogen-bond donors (Lipinski definition) is 0. The number of ether oxygens (including phenoxy) is 1. The average molecular weight is 351 g/mol. The molecule has 0 bridgehead atoms. The highest BCUT2D eigenvalue weighted by Crippen LogP contribution is 2.27. The van der Waals surface area contributed by atoms with E-state index in [9.17, 15) is 4.79 Å². The van der Waals surface area contributed by atoms with Gasteiger partial charge in [0.25, 0.3) is 0 Å². The van der Waals surface area contributed by atoms with Gasteiger partial charge in [0.2, 0.25) is 0 Å². The molecule has 2 nitrogen and oxygen atoms in total. The molecule has 104 valence electrons. The number of halogens is 1. The van der Waals surface area contributed by atoms with Gasteiger partial charge in [0.05, 0.1) is 12.4 Å². The predicted molar refractivity (Wildman–Crippen MR) is 86.8 cm³/mol. The van der Waals surface area contributed by atoms with Crippen LogP contribution in [0.2, 0.25) is 0 Å². The molecule has 0 fully saturated rings. The fourth-order valence-corrected chi connectivity index (χ4v) is 2.97. The van der Waals surface area contributed by atoms with Crippen molar-refractivity contribution in [3.63, 3.8) is 0 Å². The SMILES string of the molecule is COc1ccc(SC(C)C(=O)c2ccc(Br)cc2)cc1. The molecule has 1 unspecified atom stereocenters. The lowest BCUT2D eigenvalue weighted by atomic mass is 10.1. The summed E-state index contributed by atoms with van der Waals surface area (Å²) >= 11 is 4.92. The maximum absolute atomic E-state index is 12.3. The first-order chi connectivity index (χ1) is 9.60. The number of Topliss-reactive ketones (excluding diaryl/α,β-unsaturated/α-hetero) is 1. The molecule has 2 aromatic rings. The zero-order valence-corrected chi connectivity index (χ0v) is 13.7. The average Bonchev–Trinajstić information content (AvgIpc) is 2.48. The van der Waals surface area contributed by atoms with Crippen molar-refractivity contribution < 1.29 is 9.53 Å². The van der Waals surface area contributed by atoms with Gasteiger partial charge in [-0.3, -0.25) is 4.79 Å². The van der Waals surface area contributed by atoms with Crippen LogP contribution in [0.3, 0.4) is 0 Å². The zero-order valence-electron chi connectivity index (χ0n) is 11.3. The summed E-state index contributed by atoms with van der Waals surface area (Å²) in [5.74, 6) is 0.958. The quantitative estimate of drug-likeness (QED) is 0.571. The highest BCUT2D eigenvalue weighted by Gasteiger charge is 2.16. The number of carbonyl (C=O) groups is 1.